The third-order valence-corrected chi connectivity index (χ3v) is 6.47. The maximum absolute atomic E-state index is 14.3. The van der Waals surface area contributed by atoms with E-state index in [9.17, 15) is 88.6 Å². The quantitative estimate of drug-likeness (QED) is 0.201. The zero-order valence-electron chi connectivity index (χ0n) is 20.3. The van der Waals surface area contributed by atoms with Gasteiger partial charge in [0.1, 0.15) is 16.4 Å². The molecule has 0 radical (unpaired) electrons. The lowest BCUT2D eigenvalue weighted by Crippen LogP contribution is -2.75. The molecule has 0 spiro atoms. The Morgan fingerprint density at radius 2 is 1.07 bits per heavy atom. The number of hydrogen-bond acceptors (Lipinski definition) is 4. The minimum absolute atomic E-state index is 0.0498. The maximum atomic E-state index is 14.3. The predicted octanol–water partition coefficient (Wildman–Crippen LogP) is 8.29. The highest BCUT2D eigenvalue weighted by atomic mass is 32.1. The molecule has 0 saturated carbocycles. The Bertz CT molecular complexity index is 1400. The van der Waals surface area contributed by atoms with Gasteiger partial charge in [-0.2, -0.15) is 74.6 Å². The van der Waals surface area contributed by atoms with Crippen molar-refractivity contribution in [3.63, 3.8) is 0 Å². The molecular formula is C21H9F18NO3S. The first-order valence-corrected chi connectivity index (χ1v) is 11.4. The molecule has 1 amide bonds. The summed E-state index contributed by atoms with van der Waals surface area (Å²) in [5.41, 5.74) is -1.67. The first-order valence-electron chi connectivity index (χ1n) is 10.5. The topological polar surface area (TPSA) is 55.4 Å². The normalized spacial score (nSPS) is 14.4. The van der Waals surface area contributed by atoms with Gasteiger partial charge in [-0.1, -0.05) is 12.1 Å². The number of hydrogen-bond donors (Lipinski definition) is 1. The van der Waals surface area contributed by atoms with Crippen LogP contribution >= 0.6 is 11.3 Å². The van der Waals surface area contributed by atoms with Crippen molar-refractivity contribution >= 4 is 28.2 Å². The van der Waals surface area contributed by atoms with Crippen molar-refractivity contribution in [2.45, 2.75) is 47.6 Å². The van der Waals surface area contributed by atoms with Gasteiger partial charge in [0.25, 0.3) is 0 Å². The van der Waals surface area contributed by atoms with Gasteiger partial charge in [0.2, 0.25) is 0 Å². The zero-order chi connectivity index (χ0) is 34.7. The molecule has 4 nitrogen and oxygen atoms in total. The van der Waals surface area contributed by atoms with Crippen LogP contribution in [-0.2, 0) is 9.53 Å². The molecule has 248 valence electrons. The fourth-order valence-electron chi connectivity index (χ4n) is 3.08. The number of ether oxygens (including phenoxy) is 1. The number of anilines is 1. The number of carbonyl (C=O) groups excluding carboxylic acids is 2. The van der Waals surface area contributed by atoms with E-state index in [-0.39, 0.29) is 16.9 Å². The minimum atomic E-state index is -8.86. The van der Waals surface area contributed by atoms with Crippen LogP contribution in [0.2, 0.25) is 0 Å². The van der Waals surface area contributed by atoms with E-state index in [0.29, 0.717) is 12.4 Å². The Kier molecular flexibility index (Phi) is 9.11. The van der Waals surface area contributed by atoms with E-state index >= 15 is 0 Å². The molecule has 1 aromatic carbocycles. The molecule has 23 heteroatoms. The highest BCUT2D eigenvalue weighted by Crippen LogP contribution is 2.64. The van der Waals surface area contributed by atoms with Crippen molar-refractivity contribution in [3.05, 3.63) is 41.0 Å². The van der Waals surface area contributed by atoms with E-state index in [0.717, 1.165) is 29.6 Å². The summed E-state index contributed by atoms with van der Waals surface area (Å²) >= 11 is -0.0498. The van der Waals surface area contributed by atoms with E-state index in [1.165, 1.54) is 0 Å². The second kappa shape index (κ2) is 10.9. The lowest BCUT2D eigenvalue weighted by molar-refractivity contribution is -0.459. The molecule has 2 aromatic rings. The van der Waals surface area contributed by atoms with E-state index < -0.39 is 81.5 Å². The average molecular weight is 697 g/mol. The summed E-state index contributed by atoms with van der Waals surface area (Å²) in [6.45, 7) is 0. The molecule has 2 rings (SSSR count). The van der Waals surface area contributed by atoms with Gasteiger partial charge in [0, 0.05) is 10.9 Å². The Balaban J connectivity index is 2.60. The molecule has 0 aliphatic carbocycles. The second-order valence-corrected chi connectivity index (χ2v) is 9.20. The van der Waals surface area contributed by atoms with Crippen molar-refractivity contribution in [2.24, 2.45) is 0 Å². The predicted molar refractivity (Wildman–Crippen MR) is 110 cm³/mol. The number of alkyl halides is 17. The van der Waals surface area contributed by atoms with Gasteiger partial charge in [-0.3, -0.25) is 4.79 Å². The van der Waals surface area contributed by atoms with E-state index in [2.05, 4.69) is 4.74 Å². The van der Waals surface area contributed by atoms with Crippen LogP contribution in [0.5, 0.6) is 0 Å². The monoisotopic (exact) mass is 697 g/mol. The summed E-state index contributed by atoms with van der Waals surface area (Å²) in [5, 5.41) is 0.152. The minimum Gasteiger partial charge on any atom is -0.465 e. The van der Waals surface area contributed by atoms with Gasteiger partial charge in [0.15, 0.2) is 0 Å². The third-order valence-electron chi connectivity index (χ3n) is 5.57. The van der Waals surface area contributed by atoms with Crippen LogP contribution in [0.15, 0.2) is 29.6 Å². The highest BCUT2D eigenvalue weighted by molar-refractivity contribution is 7.15. The summed E-state index contributed by atoms with van der Waals surface area (Å²) in [5.74, 6) is -65.4. The molecule has 0 aliphatic heterocycles. The molecule has 0 fully saturated rings. The summed E-state index contributed by atoms with van der Waals surface area (Å²) < 4.78 is 246. The summed E-state index contributed by atoms with van der Waals surface area (Å²) in [4.78, 5) is 24.1. The van der Waals surface area contributed by atoms with Crippen molar-refractivity contribution in [3.8, 4) is 11.1 Å². The fourth-order valence-corrected chi connectivity index (χ4v) is 4.04. The highest BCUT2D eigenvalue weighted by Gasteiger charge is 2.95. The first-order chi connectivity index (χ1) is 19.5. The first kappa shape index (κ1) is 36.8. The molecule has 0 atom stereocenters. The molecule has 0 bridgehead atoms. The van der Waals surface area contributed by atoms with Crippen molar-refractivity contribution in [1.29, 1.82) is 0 Å². The van der Waals surface area contributed by atoms with E-state index in [1.807, 2.05) is 0 Å². The maximum Gasteiger partial charge on any atom is 0.460 e. The van der Waals surface area contributed by atoms with Crippen molar-refractivity contribution in [2.75, 3.05) is 12.4 Å². The molecule has 0 aliphatic rings. The van der Waals surface area contributed by atoms with E-state index in [4.69, 9.17) is 0 Å². The van der Waals surface area contributed by atoms with Crippen molar-refractivity contribution < 1.29 is 93.4 Å². The molecule has 44 heavy (non-hydrogen) atoms. The molecule has 1 heterocycles. The number of methoxy groups -OCH3 is 1. The van der Waals surface area contributed by atoms with Gasteiger partial charge >= 0.3 is 59.5 Å². The van der Waals surface area contributed by atoms with Gasteiger partial charge in [-0.15, -0.1) is 11.3 Å². The summed E-state index contributed by atoms with van der Waals surface area (Å²) in [7, 11) is 0.615. The molecule has 1 aromatic heterocycles. The van der Waals surface area contributed by atoms with E-state index in [1.54, 1.807) is 0 Å². The summed E-state index contributed by atoms with van der Waals surface area (Å²) in [6, 6.07) is 3.35. The lowest BCUT2D eigenvalue weighted by atomic mass is 9.89. The number of thiophene rings is 1. The number of rotatable bonds is 10. The van der Waals surface area contributed by atoms with Crippen LogP contribution in [-0.4, -0.2) is 66.6 Å². The third kappa shape index (κ3) is 5.18. The molecule has 0 unspecified atom stereocenters. The number of amides is 1. The Labute approximate surface area is 234 Å². The van der Waals surface area contributed by atoms with Crippen LogP contribution in [0.25, 0.3) is 11.1 Å². The van der Waals surface area contributed by atoms with Gasteiger partial charge < -0.3 is 10.1 Å². The van der Waals surface area contributed by atoms with Gasteiger partial charge in [-0.05, 0) is 17.7 Å². The number of esters is 1. The van der Waals surface area contributed by atoms with Crippen LogP contribution in [0.1, 0.15) is 10.4 Å². The Hall–Kier alpha value is -3.40. The molecule has 0 saturated heterocycles. The largest absolute Gasteiger partial charge is 0.465 e. The Morgan fingerprint density at radius 3 is 1.48 bits per heavy atom. The van der Waals surface area contributed by atoms with Gasteiger partial charge in [0.05, 0.1) is 7.11 Å². The van der Waals surface area contributed by atoms with Crippen molar-refractivity contribution in [1.82, 2.24) is 0 Å². The van der Waals surface area contributed by atoms with Crippen LogP contribution in [0.4, 0.5) is 84.0 Å². The van der Waals surface area contributed by atoms with Crippen LogP contribution in [0, 0.1) is 5.82 Å². The fraction of sp³-hybridized carbons (Fsp3) is 0.429. The SMILES string of the molecule is COC(=O)c1c(-c2ccc(F)cc2)csc1NC(=O)C(F)(F)C(F)(F)C(F)(F)C(F)(F)C(F)(F)C(F)(F)C(F)(F)C(F)(F)F. The summed E-state index contributed by atoms with van der Waals surface area (Å²) in [6.07, 6.45) is -7.90. The molecule has 1 N–H and O–H groups in total. The van der Waals surface area contributed by atoms with Gasteiger partial charge in [-0.25, -0.2) is 9.18 Å². The number of benzene rings is 1. The van der Waals surface area contributed by atoms with Crippen LogP contribution in [0.3, 0.4) is 0 Å². The lowest BCUT2D eigenvalue weighted by Gasteiger charge is -2.42. The average Bonchev–Trinajstić information content (AvgIpc) is 3.30. The molecular weight excluding hydrogens is 688 g/mol. The standard InChI is InChI=1S/C21H9F18NO3S/c1-43-12(41)10-9(7-2-4-8(22)5-3-7)6-44-11(10)40-13(42)14(23,24)15(25,26)16(27,28)17(29,30)18(31,32)19(33,34)20(35,36)21(37,38)39/h2-6H,1H3,(H,40,42). The Morgan fingerprint density at radius 1 is 0.659 bits per heavy atom. The number of carbonyl (C=O) groups is 2. The smallest absolute Gasteiger partial charge is 0.460 e. The number of halogens is 18. The number of nitrogens with one attached hydrogen (secondary N) is 1. The second-order valence-electron chi connectivity index (χ2n) is 8.32. The van der Waals surface area contributed by atoms with Crippen LogP contribution < -0.4 is 5.32 Å². The zero-order valence-corrected chi connectivity index (χ0v) is 21.1.